The number of benzene rings is 1. The molecule has 1 fully saturated rings. The van der Waals surface area contributed by atoms with Crippen LogP contribution in [0.4, 0.5) is 5.69 Å². The number of rotatable bonds is 6. The average Bonchev–Trinajstić information content (AvgIpc) is 3.47. The summed E-state index contributed by atoms with van der Waals surface area (Å²) in [6.45, 7) is 0. The number of carbonyl (C=O) groups is 2. The van der Waals surface area contributed by atoms with Crippen molar-refractivity contribution >= 4 is 45.0 Å². The maximum atomic E-state index is 13.5. The van der Waals surface area contributed by atoms with Crippen LogP contribution >= 0.6 is 27.5 Å². The van der Waals surface area contributed by atoms with E-state index in [1.54, 1.807) is 29.8 Å². The van der Waals surface area contributed by atoms with Gasteiger partial charge in [-0.3, -0.25) is 19.5 Å². The molecule has 0 unspecified atom stereocenters. The number of nitrogens with zero attached hydrogens (tertiary/aromatic N) is 4. The van der Waals surface area contributed by atoms with E-state index in [1.807, 2.05) is 24.3 Å². The topological polar surface area (TPSA) is 88.1 Å². The molecule has 154 valence electrons. The molecule has 0 radical (unpaired) electrons. The standard InChI is InChI=1S/C21H20BrN5O2S/c22-15-9-3-4-11-18(15)27(21(29)17-13-30-26-25-17)19(16-10-5-6-12-23-16)20(28)24-14-7-1-2-8-14/h3-6,9-14,19H,1-2,7-8H2,(H,24,28)/t19-/m1/s1. The molecule has 0 spiro atoms. The van der Waals surface area contributed by atoms with E-state index in [9.17, 15) is 9.59 Å². The van der Waals surface area contributed by atoms with Gasteiger partial charge in [-0.15, -0.1) is 5.10 Å². The van der Waals surface area contributed by atoms with Crippen molar-refractivity contribution in [3.05, 3.63) is 69.9 Å². The molecule has 1 atom stereocenters. The average molecular weight is 486 g/mol. The highest BCUT2D eigenvalue weighted by Gasteiger charge is 2.37. The minimum atomic E-state index is -0.945. The normalized spacial score (nSPS) is 15.0. The Morgan fingerprint density at radius 2 is 1.90 bits per heavy atom. The van der Waals surface area contributed by atoms with Crippen molar-refractivity contribution < 1.29 is 9.59 Å². The van der Waals surface area contributed by atoms with Crippen LogP contribution in [0.1, 0.15) is 47.9 Å². The number of nitrogens with one attached hydrogen (secondary N) is 1. The van der Waals surface area contributed by atoms with Crippen molar-refractivity contribution in [1.82, 2.24) is 19.9 Å². The smallest absolute Gasteiger partial charge is 0.280 e. The molecule has 4 rings (SSSR count). The summed E-state index contributed by atoms with van der Waals surface area (Å²) in [4.78, 5) is 32.9. The number of pyridine rings is 1. The molecule has 0 saturated heterocycles. The Balaban J connectivity index is 1.80. The molecule has 1 N–H and O–H groups in total. The summed E-state index contributed by atoms with van der Waals surface area (Å²) in [7, 11) is 0. The lowest BCUT2D eigenvalue weighted by molar-refractivity contribution is -0.123. The van der Waals surface area contributed by atoms with E-state index in [4.69, 9.17) is 0 Å². The summed E-state index contributed by atoms with van der Waals surface area (Å²) in [5, 5.41) is 8.65. The Bertz CT molecular complexity index is 1010. The van der Waals surface area contributed by atoms with Crippen LogP contribution in [0.2, 0.25) is 0 Å². The van der Waals surface area contributed by atoms with Crippen LogP contribution < -0.4 is 10.2 Å². The van der Waals surface area contributed by atoms with Gasteiger partial charge >= 0.3 is 0 Å². The molecule has 1 aromatic carbocycles. The van der Waals surface area contributed by atoms with Crippen LogP contribution in [0, 0.1) is 0 Å². The molecule has 2 aromatic heterocycles. The highest BCUT2D eigenvalue weighted by Crippen LogP contribution is 2.34. The van der Waals surface area contributed by atoms with Gasteiger partial charge in [0.05, 0.1) is 11.4 Å². The molecule has 1 aliphatic rings. The van der Waals surface area contributed by atoms with Gasteiger partial charge in [-0.05, 0) is 64.6 Å². The van der Waals surface area contributed by atoms with Gasteiger partial charge in [-0.1, -0.05) is 35.5 Å². The number of amides is 2. The Morgan fingerprint density at radius 3 is 2.57 bits per heavy atom. The highest BCUT2D eigenvalue weighted by molar-refractivity contribution is 9.10. The summed E-state index contributed by atoms with van der Waals surface area (Å²) in [5.41, 5.74) is 1.23. The van der Waals surface area contributed by atoms with Gasteiger partial charge in [0.15, 0.2) is 11.7 Å². The maximum absolute atomic E-state index is 13.5. The predicted molar refractivity (Wildman–Crippen MR) is 118 cm³/mol. The molecule has 2 heterocycles. The first-order valence-corrected chi connectivity index (χ1v) is 11.3. The fraction of sp³-hybridized carbons (Fsp3) is 0.286. The fourth-order valence-corrected chi connectivity index (χ4v) is 4.57. The van der Waals surface area contributed by atoms with Gasteiger partial charge in [-0.2, -0.15) is 0 Å². The van der Waals surface area contributed by atoms with Crippen LogP contribution in [0.25, 0.3) is 0 Å². The van der Waals surface area contributed by atoms with Crippen LogP contribution in [0.3, 0.4) is 0 Å². The van der Waals surface area contributed by atoms with E-state index in [0.29, 0.717) is 15.9 Å². The first-order chi connectivity index (χ1) is 14.6. The van der Waals surface area contributed by atoms with Crippen molar-refractivity contribution in [1.29, 1.82) is 0 Å². The summed E-state index contributed by atoms with van der Waals surface area (Å²) in [5.74, 6) is -0.666. The number of hydrogen-bond donors (Lipinski definition) is 1. The molecule has 7 nitrogen and oxygen atoms in total. The Morgan fingerprint density at radius 1 is 1.13 bits per heavy atom. The summed E-state index contributed by atoms with van der Waals surface area (Å²) >= 11 is 4.62. The number of carbonyl (C=O) groups excluding carboxylic acids is 2. The van der Waals surface area contributed by atoms with Crippen LogP contribution in [0.5, 0.6) is 0 Å². The van der Waals surface area contributed by atoms with E-state index in [-0.39, 0.29) is 17.6 Å². The maximum Gasteiger partial charge on any atom is 0.280 e. The summed E-state index contributed by atoms with van der Waals surface area (Å²) in [6.07, 6.45) is 5.70. The van der Waals surface area contributed by atoms with E-state index in [2.05, 4.69) is 35.8 Å². The van der Waals surface area contributed by atoms with E-state index < -0.39 is 11.9 Å². The second-order valence-electron chi connectivity index (χ2n) is 7.06. The molecule has 0 bridgehead atoms. The lowest BCUT2D eigenvalue weighted by Gasteiger charge is -2.31. The zero-order valence-corrected chi connectivity index (χ0v) is 18.5. The quantitative estimate of drug-likeness (QED) is 0.566. The lowest BCUT2D eigenvalue weighted by atomic mass is 10.1. The first-order valence-electron chi connectivity index (χ1n) is 9.71. The number of hydrogen-bond acceptors (Lipinski definition) is 6. The van der Waals surface area contributed by atoms with Gasteiger partial charge < -0.3 is 5.32 Å². The van der Waals surface area contributed by atoms with E-state index >= 15 is 0 Å². The molecule has 9 heteroatoms. The summed E-state index contributed by atoms with van der Waals surface area (Å²) < 4.78 is 4.51. The van der Waals surface area contributed by atoms with E-state index in [1.165, 1.54) is 4.90 Å². The van der Waals surface area contributed by atoms with E-state index in [0.717, 1.165) is 37.2 Å². The van der Waals surface area contributed by atoms with Gasteiger partial charge in [0, 0.05) is 22.1 Å². The molecule has 1 saturated carbocycles. The second-order valence-corrected chi connectivity index (χ2v) is 8.53. The molecule has 30 heavy (non-hydrogen) atoms. The van der Waals surface area contributed by atoms with Gasteiger partial charge in [-0.25, -0.2) is 0 Å². The van der Waals surface area contributed by atoms with Crippen LogP contribution in [-0.2, 0) is 4.79 Å². The molecular weight excluding hydrogens is 466 g/mol. The third-order valence-electron chi connectivity index (χ3n) is 5.09. The first kappa shape index (κ1) is 20.6. The predicted octanol–water partition coefficient (Wildman–Crippen LogP) is 4.14. The largest absolute Gasteiger partial charge is 0.351 e. The zero-order valence-electron chi connectivity index (χ0n) is 16.1. The van der Waals surface area contributed by atoms with Gasteiger partial charge in [0.1, 0.15) is 0 Å². The van der Waals surface area contributed by atoms with Crippen molar-refractivity contribution in [2.75, 3.05) is 4.90 Å². The number of halogens is 1. The minimum Gasteiger partial charge on any atom is -0.351 e. The van der Waals surface area contributed by atoms with Crippen LogP contribution in [0.15, 0.2) is 58.5 Å². The van der Waals surface area contributed by atoms with Gasteiger partial charge in [0.25, 0.3) is 5.91 Å². The number of anilines is 1. The second kappa shape index (κ2) is 9.44. The number of aromatic nitrogens is 3. The number of para-hydroxylation sites is 1. The van der Waals surface area contributed by atoms with Crippen molar-refractivity contribution in [3.63, 3.8) is 0 Å². The Hall–Kier alpha value is -2.65. The molecular formula is C21H20BrN5O2S. The minimum absolute atomic E-state index is 0.112. The van der Waals surface area contributed by atoms with Crippen LogP contribution in [-0.4, -0.2) is 32.4 Å². The van der Waals surface area contributed by atoms with Gasteiger partial charge in [0.2, 0.25) is 5.91 Å². The molecule has 0 aliphatic heterocycles. The highest BCUT2D eigenvalue weighted by atomic mass is 79.9. The van der Waals surface area contributed by atoms with Crippen molar-refractivity contribution in [2.45, 2.75) is 37.8 Å². The molecule has 1 aliphatic carbocycles. The van der Waals surface area contributed by atoms with Crippen molar-refractivity contribution in [3.8, 4) is 0 Å². The SMILES string of the molecule is O=C(NC1CCCC1)[C@@H](c1ccccn1)N(C(=O)c1csnn1)c1ccccc1Br. The Kier molecular flexibility index (Phi) is 6.49. The fourth-order valence-electron chi connectivity index (χ4n) is 3.67. The Labute approximate surface area is 186 Å². The third kappa shape index (κ3) is 4.41. The van der Waals surface area contributed by atoms with Crippen molar-refractivity contribution in [2.24, 2.45) is 0 Å². The molecule has 2 amide bonds. The third-order valence-corrected chi connectivity index (χ3v) is 6.26. The monoisotopic (exact) mass is 485 g/mol. The lowest BCUT2D eigenvalue weighted by Crippen LogP contribution is -2.47. The zero-order chi connectivity index (χ0) is 20.9. The summed E-state index contributed by atoms with van der Waals surface area (Å²) in [6, 6.07) is 11.8. The molecule has 3 aromatic rings.